The van der Waals surface area contributed by atoms with E-state index in [9.17, 15) is 9.59 Å². The van der Waals surface area contributed by atoms with Gasteiger partial charge in [-0.15, -0.1) is 0 Å². The van der Waals surface area contributed by atoms with Gasteiger partial charge in [0, 0.05) is 49.8 Å². The third-order valence-electron chi connectivity index (χ3n) is 13.8. The highest BCUT2D eigenvalue weighted by atomic mass is 16.2. The van der Waals surface area contributed by atoms with Gasteiger partial charge in [-0.05, 0) is 109 Å². The lowest BCUT2D eigenvalue weighted by molar-refractivity contribution is -0.137. The van der Waals surface area contributed by atoms with Crippen molar-refractivity contribution in [2.24, 2.45) is 9.98 Å². The Kier molecular flexibility index (Phi) is 10.0. The van der Waals surface area contributed by atoms with Crippen molar-refractivity contribution in [1.82, 2.24) is 14.7 Å². The Balaban J connectivity index is 0.758. The predicted molar refractivity (Wildman–Crippen MR) is 233 cm³/mol. The smallest absolute Gasteiger partial charge is 0.245 e. The maximum Gasteiger partial charge on any atom is 0.245 e. The first-order valence-corrected chi connectivity index (χ1v) is 21.7. The van der Waals surface area contributed by atoms with Crippen LogP contribution in [0.25, 0.3) is 22.3 Å². The van der Waals surface area contributed by atoms with E-state index in [2.05, 4.69) is 99.6 Å². The molecular formula is C51H53N5O2. The monoisotopic (exact) mass is 767 g/mol. The summed E-state index contributed by atoms with van der Waals surface area (Å²) < 4.78 is 0. The van der Waals surface area contributed by atoms with Gasteiger partial charge in [0.1, 0.15) is 6.04 Å². The van der Waals surface area contributed by atoms with Crippen LogP contribution < -0.4 is 0 Å². The van der Waals surface area contributed by atoms with Crippen LogP contribution in [0.4, 0.5) is 0 Å². The number of likely N-dealkylation sites (tertiary alicyclic amines) is 3. The van der Waals surface area contributed by atoms with Crippen LogP contribution in [-0.4, -0.2) is 76.2 Å². The molecule has 3 saturated heterocycles. The summed E-state index contributed by atoms with van der Waals surface area (Å²) in [4.78, 5) is 44.9. The Hall–Kier alpha value is -5.40. The summed E-state index contributed by atoms with van der Waals surface area (Å²) in [6.45, 7) is 3.57. The van der Waals surface area contributed by atoms with Crippen LogP contribution in [0.15, 0.2) is 132 Å². The predicted octanol–water partition coefficient (Wildman–Crippen LogP) is 9.67. The summed E-state index contributed by atoms with van der Waals surface area (Å²) in [6.07, 6.45) is 15.1. The number of piperidine rings is 1. The lowest BCUT2D eigenvalue weighted by Crippen LogP contribution is -2.48. The fourth-order valence-electron chi connectivity index (χ4n) is 10.4. The summed E-state index contributed by atoms with van der Waals surface area (Å²) >= 11 is 0. The van der Waals surface area contributed by atoms with Gasteiger partial charge in [-0.3, -0.25) is 24.5 Å². The van der Waals surface area contributed by atoms with E-state index in [1.54, 1.807) is 0 Å². The summed E-state index contributed by atoms with van der Waals surface area (Å²) in [5.74, 6) is 0.523. The molecule has 2 amide bonds. The van der Waals surface area contributed by atoms with Crippen molar-refractivity contribution in [1.29, 1.82) is 0 Å². The van der Waals surface area contributed by atoms with E-state index in [1.165, 1.54) is 39.8 Å². The minimum absolute atomic E-state index is 0.0561. The first-order valence-electron chi connectivity index (χ1n) is 21.7. The second kappa shape index (κ2) is 15.7. The Morgan fingerprint density at radius 1 is 0.552 bits per heavy atom. The lowest BCUT2D eigenvalue weighted by atomic mass is 9.92. The van der Waals surface area contributed by atoms with E-state index >= 15 is 0 Å². The van der Waals surface area contributed by atoms with Crippen molar-refractivity contribution >= 4 is 34.4 Å². The Morgan fingerprint density at radius 2 is 1.05 bits per heavy atom. The van der Waals surface area contributed by atoms with Gasteiger partial charge in [-0.25, -0.2) is 0 Å². The molecule has 5 aliphatic heterocycles. The van der Waals surface area contributed by atoms with Gasteiger partial charge in [0.15, 0.2) is 0 Å². The number of hydrogen-bond donors (Lipinski definition) is 0. The molecular weight excluding hydrogens is 715 g/mol. The molecule has 6 aliphatic rings. The molecule has 7 heteroatoms. The molecule has 294 valence electrons. The zero-order valence-corrected chi connectivity index (χ0v) is 33.4. The van der Waals surface area contributed by atoms with Crippen molar-refractivity contribution < 1.29 is 9.59 Å². The molecule has 4 aromatic rings. The summed E-state index contributed by atoms with van der Waals surface area (Å²) in [5.41, 5.74) is 11.3. The molecule has 7 nitrogen and oxygen atoms in total. The number of hydrogen-bond acceptors (Lipinski definition) is 5. The molecule has 4 aromatic carbocycles. The number of aliphatic imine (C=N–C) groups is 2. The topological polar surface area (TPSA) is 68.6 Å². The SMILES string of the molecule is O=C([C@@H](c1ccccc1)N1CCCCC1)N1CCC[C@H]1C1=NC=C(c2ccc(-c3ccc(C4=CN=C([C@@H]5CCCN5C(=O)C5(c6ccccc6)CC5)C4)cc3)cc2)C1. The van der Waals surface area contributed by atoms with E-state index in [1.807, 2.05) is 36.7 Å². The van der Waals surface area contributed by atoms with Crippen molar-refractivity contribution in [3.63, 3.8) is 0 Å². The van der Waals surface area contributed by atoms with Gasteiger partial charge in [0.25, 0.3) is 0 Å². The van der Waals surface area contributed by atoms with Gasteiger partial charge >= 0.3 is 0 Å². The van der Waals surface area contributed by atoms with Gasteiger partial charge in [-0.2, -0.15) is 0 Å². The zero-order valence-electron chi connectivity index (χ0n) is 33.4. The van der Waals surface area contributed by atoms with Gasteiger partial charge in [-0.1, -0.05) is 116 Å². The van der Waals surface area contributed by atoms with Gasteiger partial charge in [0.05, 0.1) is 17.5 Å². The van der Waals surface area contributed by atoms with Gasteiger partial charge < -0.3 is 9.80 Å². The van der Waals surface area contributed by atoms with E-state index in [4.69, 9.17) is 9.98 Å². The van der Waals surface area contributed by atoms with Crippen molar-refractivity contribution in [2.45, 2.75) is 94.2 Å². The molecule has 0 radical (unpaired) electrons. The van der Waals surface area contributed by atoms with Crippen molar-refractivity contribution in [3.05, 3.63) is 144 Å². The van der Waals surface area contributed by atoms with Gasteiger partial charge in [0.2, 0.25) is 11.8 Å². The molecule has 0 aromatic heterocycles. The van der Waals surface area contributed by atoms with Crippen LogP contribution in [-0.2, 0) is 15.0 Å². The maximum absolute atomic E-state index is 14.4. The highest BCUT2D eigenvalue weighted by molar-refractivity contribution is 6.05. The first kappa shape index (κ1) is 36.9. The van der Waals surface area contributed by atoms with Crippen molar-refractivity contribution in [3.8, 4) is 11.1 Å². The minimum atomic E-state index is -0.337. The molecule has 1 saturated carbocycles. The van der Waals surface area contributed by atoms with E-state index in [0.29, 0.717) is 0 Å². The number of carbonyl (C=O) groups excluding carboxylic acids is 2. The highest BCUT2D eigenvalue weighted by Gasteiger charge is 2.54. The molecule has 0 unspecified atom stereocenters. The quantitative estimate of drug-likeness (QED) is 0.162. The molecule has 4 fully saturated rings. The molecule has 0 N–H and O–H groups in total. The zero-order chi connectivity index (χ0) is 39.1. The third-order valence-corrected chi connectivity index (χ3v) is 13.8. The largest absolute Gasteiger partial charge is 0.334 e. The molecule has 3 atom stereocenters. The Bertz CT molecular complexity index is 2280. The van der Waals surface area contributed by atoms with Crippen LogP contribution in [0.5, 0.6) is 0 Å². The summed E-state index contributed by atoms with van der Waals surface area (Å²) in [5, 5.41) is 0. The molecule has 0 bridgehead atoms. The fraction of sp³-hybridized carbons (Fsp3) is 0.373. The average Bonchev–Trinajstić information content (AvgIpc) is 3.82. The second-order valence-corrected chi connectivity index (χ2v) is 17.3. The first-order chi connectivity index (χ1) is 28.6. The third kappa shape index (κ3) is 6.97. The van der Waals surface area contributed by atoms with E-state index in [0.717, 1.165) is 113 Å². The van der Waals surface area contributed by atoms with Crippen LogP contribution >= 0.6 is 0 Å². The lowest BCUT2D eigenvalue weighted by Gasteiger charge is -2.37. The molecule has 10 rings (SSSR count). The molecule has 58 heavy (non-hydrogen) atoms. The average molecular weight is 768 g/mol. The maximum atomic E-state index is 14.4. The normalized spacial score (nSPS) is 23.3. The molecule has 0 spiro atoms. The van der Waals surface area contributed by atoms with Crippen LogP contribution in [0.1, 0.15) is 98.9 Å². The second-order valence-electron chi connectivity index (χ2n) is 17.3. The highest BCUT2D eigenvalue weighted by Crippen LogP contribution is 2.50. The number of allylic oxidation sites excluding steroid dienone is 2. The molecule has 5 heterocycles. The molecule has 1 aliphatic carbocycles. The van der Waals surface area contributed by atoms with Crippen molar-refractivity contribution in [2.75, 3.05) is 26.2 Å². The number of benzene rings is 4. The van der Waals surface area contributed by atoms with Crippen LogP contribution in [0, 0.1) is 0 Å². The standard InChI is InChI=1S/C51H53N5O2/c57-49(48(40-12-4-1-5-13-40)54-28-8-3-9-29-54)55-30-10-16-46(55)44-32-41(34-52-44)38-22-18-36(19-23-38)37-20-24-39(25-21-37)42-33-45(53-35-42)47-17-11-31-56(47)50(58)51(26-27-51)43-14-6-2-7-15-43/h1-2,4-7,12-15,18-25,34-35,46-48H,3,8-11,16-17,26-33H2/t46-,47-,48+/m0/s1. The summed E-state index contributed by atoms with van der Waals surface area (Å²) in [7, 11) is 0. The summed E-state index contributed by atoms with van der Waals surface area (Å²) in [6, 6.07) is 38.4. The fourth-order valence-corrected chi connectivity index (χ4v) is 10.4. The number of amides is 2. The Morgan fingerprint density at radius 3 is 1.60 bits per heavy atom. The van der Waals surface area contributed by atoms with Crippen LogP contribution in [0.2, 0.25) is 0 Å². The number of nitrogens with zero attached hydrogens (tertiary/aromatic N) is 5. The Labute approximate surface area is 342 Å². The van der Waals surface area contributed by atoms with Crippen LogP contribution in [0.3, 0.4) is 0 Å². The number of carbonyl (C=O) groups is 2. The minimum Gasteiger partial charge on any atom is -0.334 e. The van der Waals surface area contributed by atoms with E-state index in [-0.39, 0.29) is 35.4 Å². The van der Waals surface area contributed by atoms with E-state index < -0.39 is 0 Å². The number of rotatable bonds is 10.